The van der Waals surface area contributed by atoms with Crippen molar-refractivity contribution in [2.75, 3.05) is 24.6 Å². The van der Waals surface area contributed by atoms with E-state index in [1.807, 2.05) is 12.1 Å². The van der Waals surface area contributed by atoms with Crippen molar-refractivity contribution in [1.29, 1.82) is 0 Å². The number of aromatic hydroxyl groups is 1. The lowest BCUT2D eigenvalue weighted by Crippen LogP contribution is -2.61. The first-order valence-electron chi connectivity index (χ1n) is 13.2. The van der Waals surface area contributed by atoms with E-state index in [1.54, 1.807) is 12.1 Å². The smallest absolute Gasteiger partial charge is 0.327 e. The number of carboxylic acids is 1. The van der Waals surface area contributed by atoms with Crippen molar-refractivity contribution in [3.05, 3.63) is 29.8 Å². The summed E-state index contributed by atoms with van der Waals surface area (Å²) in [6.07, 6.45) is 4.08. The first kappa shape index (κ1) is 28.6. The molecule has 2 aliphatic heterocycles. The molecule has 3 fully saturated rings. The minimum absolute atomic E-state index is 0.0748. The fourth-order valence-electron chi connectivity index (χ4n) is 5.75. The van der Waals surface area contributed by atoms with E-state index >= 15 is 0 Å². The quantitative estimate of drug-likeness (QED) is 0.300. The number of hydrogen-bond acceptors (Lipinski definition) is 8. The second-order valence-electron chi connectivity index (χ2n) is 10.2. The fourth-order valence-corrected chi connectivity index (χ4v) is 7.90. The van der Waals surface area contributed by atoms with Crippen molar-refractivity contribution in [2.45, 2.75) is 69.0 Å². The molecule has 38 heavy (non-hydrogen) atoms. The maximum atomic E-state index is 13.8. The lowest BCUT2D eigenvalue weighted by Gasteiger charge is -2.44. The van der Waals surface area contributed by atoms with E-state index in [-0.39, 0.29) is 41.7 Å². The van der Waals surface area contributed by atoms with E-state index in [1.165, 1.54) is 21.6 Å². The van der Waals surface area contributed by atoms with E-state index in [2.05, 4.69) is 21.3 Å². The molecule has 208 valence electrons. The Balaban J connectivity index is 1.56. The minimum atomic E-state index is -1.10. The average Bonchev–Trinajstić information content (AvgIpc) is 3.39. The molecule has 6 N–H and O–H groups in total. The highest BCUT2D eigenvalue weighted by Crippen LogP contribution is 2.41. The van der Waals surface area contributed by atoms with Gasteiger partial charge in [0, 0.05) is 36.4 Å². The number of amides is 3. The van der Waals surface area contributed by atoms with Crippen LogP contribution in [-0.2, 0) is 19.2 Å². The van der Waals surface area contributed by atoms with E-state index in [0.717, 1.165) is 24.8 Å². The van der Waals surface area contributed by atoms with Crippen molar-refractivity contribution in [2.24, 2.45) is 5.41 Å². The van der Waals surface area contributed by atoms with Gasteiger partial charge in [0.25, 0.3) is 0 Å². The van der Waals surface area contributed by atoms with E-state index in [0.29, 0.717) is 38.0 Å². The third kappa shape index (κ3) is 6.76. The predicted molar refractivity (Wildman–Crippen MR) is 147 cm³/mol. The molecule has 0 bridgehead atoms. The van der Waals surface area contributed by atoms with Gasteiger partial charge in [0.2, 0.25) is 17.7 Å². The highest BCUT2D eigenvalue weighted by Gasteiger charge is 2.49. The molecule has 3 aliphatic rings. The molecule has 1 aliphatic carbocycles. The Hall–Kier alpha value is -2.44. The zero-order valence-electron chi connectivity index (χ0n) is 21.2. The molecule has 3 amide bonds. The van der Waals surface area contributed by atoms with Crippen LogP contribution < -0.4 is 21.3 Å². The first-order valence-corrected chi connectivity index (χ1v) is 15.7. The minimum Gasteiger partial charge on any atom is -0.508 e. The van der Waals surface area contributed by atoms with Crippen LogP contribution in [0.5, 0.6) is 5.75 Å². The molecular formula is C26H36N4O6S2. The van der Waals surface area contributed by atoms with Crippen LogP contribution in [0.25, 0.3) is 0 Å². The summed E-state index contributed by atoms with van der Waals surface area (Å²) in [5, 5.41) is 31.5. The molecule has 0 radical (unpaired) electrons. The summed E-state index contributed by atoms with van der Waals surface area (Å²) in [7, 11) is 2.74. The highest BCUT2D eigenvalue weighted by molar-refractivity contribution is 8.76. The van der Waals surface area contributed by atoms with Crippen LogP contribution in [0.3, 0.4) is 0 Å². The number of hydrogen-bond donors (Lipinski definition) is 6. The molecular weight excluding hydrogens is 528 g/mol. The van der Waals surface area contributed by atoms with Gasteiger partial charge in [-0.2, -0.15) is 0 Å². The molecule has 1 aromatic carbocycles. The number of rotatable bonds is 4. The third-order valence-electron chi connectivity index (χ3n) is 7.85. The van der Waals surface area contributed by atoms with Gasteiger partial charge in [-0.25, -0.2) is 4.79 Å². The number of phenolic OH excluding ortho intramolecular Hbond substituents is 1. The van der Waals surface area contributed by atoms with Crippen molar-refractivity contribution < 1.29 is 29.4 Å². The summed E-state index contributed by atoms with van der Waals surface area (Å²) in [6.45, 7) is 0.938. The Morgan fingerprint density at radius 2 is 1.82 bits per heavy atom. The molecule has 3 unspecified atom stereocenters. The average molecular weight is 565 g/mol. The van der Waals surface area contributed by atoms with Gasteiger partial charge >= 0.3 is 5.97 Å². The molecule has 2 heterocycles. The molecule has 4 rings (SSSR count). The van der Waals surface area contributed by atoms with E-state index in [4.69, 9.17) is 0 Å². The molecule has 0 aromatic heterocycles. The Bertz CT molecular complexity index is 1030. The van der Waals surface area contributed by atoms with Crippen LogP contribution in [0.4, 0.5) is 0 Å². The predicted octanol–water partition coefficient (Wildman–Crippen LogP) is 1.74. The summed E-state index contributed by atoms with van der Waals surface area (Å²) < 4.78 is 0. The summed E-state index contributed by atoms with van der Waals surface area (Å²) in [5.41, 5.74) is -0.0820. The van der Waals surface area contributed by atoms with Gasteiger partial charge in [-0.1, -0.05) is 46.6 Å². The number of carboxylic acid groups (broad SMARTS) is 1. The van der Waals surface area contributed by atoms with Crippen LogP contribution in [0.2, 0.25) is 0 Å². The lowest BCUT2D eigenvalue weighted by atomic mass is 9.67. The number of carbonyl (C=O) groups is 4. The SMILES string of the molecule is O=C1CCSSCC(C(=O)O)NC(=O)C2(CCCCC2NC(=O)[C@H]2NCC[C@@H]2c2ccc(O)cc2)CCN1. The van der Waals surface area contributed by atoms with Crippen LogP contribution in [0, 0.1) is 5.41 Å². The second kappa shape index (κ2) is 13.1. The first-order chi connectivity index (χ1) is 18.3. The number of phenols is 1. The topological polar surface area (TPSA) is 157 Å². The van der Waals surface area contributed by atoms with Gasteiger partial charge in [-0.3, -0.25) is 14.4 Å². The monoisotopic (exact) mass is 564 g/mol. The normalized spacial score (nSPS) is 31.3. The second-order valence-corrected chi connectivity index (χ2v) is 12.8. The van der Waals surface area contributed by atoms with Crippen molar-refractivity contribution in [3.8, 4) is 5.75 Å². The molecule has 12 heteroatoms. The molecule has 10 nitrogen and oxygen atoms in total. The zero-order valence-corrected chi connectivity index (χ0v) is 22.9. The summed E-state index contributed by atoms with van der Waals surface area (Å²) in [6, 6.07) is 4.82. The molecule has 5 atom stereocenters. The number of nitrogens with one attached hydrogen (secondary N) is 4. The van der Waals surface area contributed by atoms with E-state index in [9.17, 15) is 29.4 Å². The van der Waals surface area contributed by atoms with Crippen molar-refractivity contribution in [3.63, 3.8) is 0 Å². The van der Waals surface area contributed by atoms with Gasteiger partial charge in [0.15, 0.2) is 0 Å². The Kier molecular flexibility index (Phi) is 9.83. The lowest BCUT2D eigenvalue weighted by molar-refractivity contribution is -0.145. The van der Waals surface area contributed by atoms with Gasteiger partial charge < -0.3 is 31.5 Å². The fraction of sp³-hybridized carbons (Fsp3) is 0.615. The zero-order chi connectivity index (χ0) is 27.1. The molecule has 1 aromatic rings. The van der Waals surface area contributed by atoms with Gasteiger partial charge in [0.1, 0.15) is 11.8 Å². The molecule has 1 spiro atoms. The molecule has 1 saturated carbocycles. The Labute approximate surface area is 230 Å². The standard InChI is InChI=1S/C26H36N4O6S2/c31-17-6-4-16(5-7-17)18-8-12-28-22(18)23(33)30-20-3-1-2-10-26(20)11-13-27-21(32)9-14-37-38-15-19(24(34)35)29-25(26)36/h4-7,18-20,22,28,31H,1-3,8-15H2,(H,27,32)(H,29,36)(H,30,33)(H,34,35)/t18-,19?,20?,22+,26?/m1/s1. The summed E-state index contributed by atoms with van der Waals surface area (Å²) in [4.78, 5) is 51.7. The van der Waals surface area contributed by atoms with Crippen molar-refractivity contribution >= 4 is 45.3 Å². The largest absolute Gasteiger partial charge is 0.508 e. The van der Waals surface area contributed by atoms with Gasteiger partial charge in [0.05, 0.1) is 11.5 Å². The van der Waals surface area contributed by atoms with Crippen LogP contribution >= 0.6 is 21.6 Å². The number of carbonyl (C=O) groups excluding carboxylic acids is 3. The number of aliphatic carboxylic acids is 1. The van der Waals surface area contributed by atoms with E-state index < -0.39 is 29.5 Å². The summed E-state index contributed by atoms with van der Waals surface area (Å²) in [5.74, 6) is -0.971. The third-order valence-corrected chi connectivity index (χ3v) is 10.3. The van der Waals surface area contributed by atoms with Gasteiger partial charge in [-0.05, 0) is 49.9 Å². The Morgan fingerprint density at radius 3 is 2.58 bits per heavy atom. The van der Waals surface area contributed by atoms with Crippen LogP contribution in [0.1, 0.15) is 56.4 Å². The molecule has 2 saturated heterocycles. The number of benzene rings is 1. The highest BCUT2D eigenvalue weighted by atomic mass is 33.1. The summed E-state index contributed by atoms with van der Waals surface area (Å²) >= 11 is 0. The van der Waals surface area contributed by atoms with Crippen LogP contribution in [0.15, 0.2) is 24.3 Å². The Morgan fingerprint density at radius 1 is 1.03 bits per heavy atom. The van der Waals surface area contributed by atoms with Gasteiger partial charge in [-0.15, -0.1) is 0 Å². The van der Waals surface area contributed by atoms with Crippen molar-refractivity contribution in [1.82, 2.24) is 21.3 Å². The maximum Gasteiger partial charge on any atom is 0.327 e. The maximum absolute atomic E-state index is 13.8. The van der Waals surface area contributed by atoms with Crippen LogP contribution in [-0.4, -0.2) is 76.6 Å².